The number of hydrogen-bond acceptors (Lipinski definition) is 3. The summed E-state index contributed by atoms with van der Waals surface area (Å²) in [6.45, 7) is 1.85. The highest BCUT2D eigenvalue weighted by Crippen LogP contribution is 2.36. The van der Waals surface area contributed by atoms with Crippen LogP contribution in [0, 0.1) is 0 Å². The minimum atomic E-state index is -0.692. The van der Waals surface area contributed by atoms with Crippen LogP contribution in [0.1, 0.15) is 43.8 Å². The Hall–Kier alpha value is -1.36. The third kappa shape index (κ3) is 2.41. The summed E-state index contributed by atoms with van der Waals surface area (Å²) in [6.07, 6.45) is 8.71. The van der Waals surface area contributed by atoms with Crippen molar-refractivity contribution >= 4 is 5.97 Å². The van der Waals surface area contributed by atoms with Crippen LogP contribution >= 0.6 is 0 Å². The molecule has 1 N–H and O–H groups in total. The van der Waals surface area contributed by atoms with Crippen LogP contribution in [-0.2, 0) is 11.3 Å². The van der Waals surface area contributed by atoms with Gasteiger partial charge in [-0.2, -0.15) is 0 Å². The number of aromatic nitrogens is 2. The molecule has 5 heteroatoms. The van der Waals surface area contributed by atoms with Crippen LogP contribution in [0.2, 0.25) is 0 Å². The van der Waals surface area contributed by atoms with E-state index in [2.05, 4.69) is 14.5 Å². The van der Waals surface area contributed by atoms with Crippen molar-refractivity contribution in [2.75, 3.05) is 6.54 Å². The first-order chi connectivity index (χ1) is 8.74. The van der Waals surface area contributed by atoms with Crippen LogP contribution < -0.4 is 0 Å². The van der Waals surface area contributed by atoms with Crippen molar-refractivity contribution in [3.05, 3.63) is 18.2 Å². The molecule has 1 aliphatic carbocycles. The van der Waals surface area contributed by atoms with Crippen LogP contribution in [0.4, 0.5) is 0 Å². The summed E-state index contributed by atoms with van der Waals surface area (Å²) in [7, 11) is 0. The Bertz CT molecular complexity index is 439. The summed E-state index contributed by atoms with van der Waals surface area (Å²) >= 11 is 0. The first kappa shape index (κ1) is 11.7. The molecule has 0 radical (unpaired) electrons. The Balaban J connectivity index is 1.67. The molecule has 18 heavy (non-hydrogen) atoms. The Kier molecular flexibility index (Phi) is 3.07. The molecular weight excluding hydrogens is 230 g/mol. The van der Waals surface area contributed by atoms with Crippen LogP contribution in [0.3, 0.4) is 0 Å². The lowest BCUT2D eigenvalue weighted by Gasteiger charge is -2.23. The van der Waals surface area contributed by atoms with E-state index in [0.29, 0.717) is 6.04 Å². The number of hydrogen-bond donors (Lipinski definition) is 1. The second kappa shape index (κ2) is 4.72. The van der Waals surface area contributed by atoms with Gasteiger partial charge in [0.05, 0.1) is 18.4 Å². The molecule has 1 unspecified atom stereocenters. The summed E-state index contributed by atoms with van der Waals surface area (Å²) in [5.74, 6) is -0.692. The summed E-state index contributed by atoms with van der Waals surface area (Å²) < 4.78 is 2.26. The highest BCUT2D eigenvalue weighted by molar-refractivity contribution is 5.67. The summed E-state index contributed by atoms with van der Waals surface area (Å²) in [5.41, 5.74) is 1.23. The molecule has 0 amide bonds. The summed E-state index contributed by atoms with van der Waals surface area (Å²) in [5, 5.41) is 8.93. The van der Waals surface area contributed by atoms with E-state index in [-0.39, 0.29) is 12.5 Å². The van der Waals surface area contributed by atoms with Gasteiger partial charge in [-0.1, -0.05) is 0 Å². The molecule has 2 fully saturated rings. The van der Waals surface area contributed by atoms with Gasteiger partial charge in [-0.15, -0.1) is 0 Å². The van der Waals surface area contributed by atoms with E-state index >= 15 is 0 Å². The number of rotatable bonds is 5. The number of likely N-dealkylation sites (tertiary alicyclic amines) is 1. The second-order valence-electron chi connectivity index (χ2n) is 5.39. The minimum Gasteiger partial charge on any atom is -0.481 e. The van der Waals surface area contributed by atoms with Crippen molar-refractivity contribution in [1.29, 1.82) is 0 Å². The zero-order valence-corrected chi connectivity index (χ0v) is 10.5. The second-order valence-corrected chi connectivity index (χ2v) is 5.39. The molecule has 1 saturated heterocycles. The largest absolute Gasteiger partial charge is 0.481 e. The maximum absolute atomic E-state index is 10.8. The summed E-state index contributed by atoms with van der Waals surface area (Å²) in [6, 6.07) is 0.841. The molecule has 3 rings (SSSR count). The molecule has 1 atom stereocenters. The van der Waals surface area contributed by atoms with Crippen molar-refractivity contribution in [3.63, 3.8) is 0 Å². The van der Waals surface area contributed by atoms with E-state index in [1.165, 1.54) is 18.5 Å². The maximum Gasteiger partial charge on any atom is 0.304 e. The molecule has 0 spiro atoms. The van der Waals surface area contributed by atoms with Crippen molar-refractivity contribution < 1.29 is 9.90 Å². The number of carboxylic acids is 1. The van der Waals surface area contributed by atoms with Crippen molar-refractivity contribution in [1.82, 2.24) is 14.5 Å². The molecule has 1 aliphatic heterocycles. The predicted octanol–water partition coefficient (Wildman–Crippen LogP) is 1.66. The molecule has 5 nitrogen and oxygen atoms in total. The molecule has 0 bridgehead atoms. The van der Waals surface area contributed by atoms with Crippen molar-refractivity contribution in [2.45, 2.75) is 50.7 Å². The number of carbonyl (C=O) groups is 1. The highest BCUT2D eigenvalue weighted by Gasteiger charge is 2.29. The number of nitrogens with zero attached hydrogens (tertiary/aromatic N) is 3. The Morgan fingerprint density at radius 1 is 1.44 bits per heavy atom. The van der Waals surface area contributed by atoms with Gasteiger partial charge in [0.25, 0.3) is 0 Å². The van der Waals surface area contributed by atoms with Gasteiger partial charge in [0, 0.05) is 24.8 Å². The smallest absolute Gasteiger partial charge is 0.304 e. The van der Waals surface area contributed by atoms with Gasteiger partial charge in [-0.25, -0.2) is 4.98 Å². The molecule has 2 aliphatic rings. The zero-order chi connectivity index (χ0) is 12.5. The quantitative estimate of drug-likeness (QED) is 0.862. The number of imidazole rings is 1. The SMILES string of the molecule is O=C(O)CC1CCCN1Cc1cncn1C1CC1. The lowest BCUT2D eigenvalue weighted by molar-refractivity contribution is -0.138. The average molecular weight is 249 g/mol. The van der Waals surface area contributed by atoms with E-state index in [0.717, 1.165) is 25.9 Å². The maximum atomic E-state index is 10.8. The van der Waals surface area contributed by atoms with Gasteiger partial charge in [-0.3, -0.25) is 9.69 Å². The van der Waals surface area contributed by atoms with Gasteiger partial charge < -0.3 is 9.67 Å². The number of carboxylic acid groups (broad SMARTS) is 1. The fourth-order valence-electron chi connectivity index (χ4n) is 2.88. The molecule has 1 aromatic heterocycles. The van der Waals surface area contributed by atoms with Crippen LogP contribution in [-0.4, -0.2) is 38.1 Å². The molecule has 98 valence electrons. The van der Waals surface area contributed by atoms with Crippen molar-refractivity contribution in [2.24, 2.45) is 0 Å². The Morgan fingerprint density at radius 3 is 3.00 bits per heavy atom. The van der Waals surface area contributed by atoms with E-state index < -0.39 is 5.97 Å². The fourth-order valence-corrected chi connectivity index (χ4v) is 2.88. The fraction of sp³-hybridized carbons (Fsp3) is 0.692. The molecule has 1 aromatic rings. The molecular formula is C13H19N3O2. The van der Waals surface area contributed by atoms with Gasteiger partial charge in [-0.05, 0) is 32.2 Å². The van der Waals surface area contributed by atoms with Crippen molar-refractivity contribution in [3.8, 4) is 0 Å². The Morgan fingerprint density at radius 2 is 2.28 bits per heavy atom. The lowest BCUT2D eigenvalue weighted by atomic mass is 10.1. The average Bonchev–Trinajstić information content (AvgIpc) is 2.92. The first-order valence-electron chi connectivity index (χ1n) is 6.70. The minimum absolute atomic E-state index is 0.199. The van der Waals surface area contributed by atoms with E-state index in [1.807, 2.05) is 12.5 Å². The van der Waals surface area contributed by atoms with Gasteiger partial charge in [0.15, 0.2) is 0 Å². The monoisotopic (exact) mass is 249 g/mol. The van der Waals surface area contributed by atoms with Crippen LogP contribution in [0.25, 0.3) is 0 Å². The first-order valence-corrected chi connectivity index (χ1v) is 6.70. The normalized spacial score (nSPS) is 24.6. The third-order valence-electron chi connectivity index (χ3n) is 3.96. The third-order valence-corrected chi connectivity index (χ3v) is 3.96. The van der Waals surface area contributed by atoms with Gasteiger partial charge >= 0.3 is 5.97 Å². The lowest BCUT2D eigenvalue weighted by Crippen LogP contribution is -2.31. The van der Waals surface area contributed by atoms with Crippen LogP contribution in [0.5, 0.6) is 0 Å². The standard InChI is InChI=1S/C13H19N3O2/c17-13(18)6-11-2-1-5-15(11)8-12-7-14-9-16(12)10-3-4-10/h7,9-11H,1-6,8H2,(H,17,18). The van der Waals surface area contributed by atoms with Gasteiger partial charge in [0.2, 0.25) is 0 Å². The Labute approximate surface area is 106 Å². The van der Waals surface area contributed by atoms with Gasteiger partial charge in [0.1, 0.15) is 0 Å². The molecule has 2 heterocycles. The molecule has 0 aromatic carbocycles. The van der Waals surface area contributed by atoms with E-state index in [4.69, 9.17) is 5.11 Å². The predicted molar refractivity (Wildman–Crippen MR) is 66.2 cm³/mol. The van der Waals surface area contributed by atoms with E-state index in [9.17, 15) is 4.79 Å². The summed E-state index contributed by atoms with van der Waals surface area (Å²) in [4.78, 5) is 17.4. The topological polar surface area (TPSA) is 58.4 Å². The number of aliphatic carboxylic acids is 1. The highest BCUT2D eigenvalue weighted by atomic mass is 16.4. The van der Waals surface area contributed by atoms with E-state index in [1.54, 1.807) is 0 Å². The molecule has 1 saturated carbocycles. The van der Waals surface area contributed by atoms with Crippen LogP contribution in [0.15, 0.2) is 12.5 Å². The zero-order valence-electron chi connectivity index (χ0n) is 10.5.